The maximum absolute atomic E-state index is 14.1. The third-order valence-electron chi connectivity index (χ3n) is 5.22. The summed E-state index contributed by atoms with van der Waals surface area (Å²) in [5.74, 6) is -4.61. The van der Waals surface area contributed by atoms with Crippen LogP contribution in [0.4, 0.5) is 19.0 Å². The number of aliphatic hydroxyl groups is 3. The molecule has 1 aliphatic rings. The number of fused-ring (bicyclic) bond motifs is 1. The summed E-state index contributed by atoms with van der Waals surface area (Å²) in [5, 5.41) is 32.4. The first-order valence-corrected chi connectivity index (χ1v) is 8.59. The molecule has 29 heavy (non-hydrogen) atoms. The number of aliphatic hydroxyl groups excluding tert-OH is 2. The van der Waals surface area contributed by atoms with E-state index in [1.54, 1.807) is 6.07 Å². The average molecular weight is 410 g/mol. The van der Waals surface area contributed by atoms with Gasteiger partial charge in [-0.25, -0.2) is 23.1 Å². The molecule has 0 amide bonds. The first-order chi connectivity index (χ1) is 13.6. The lowest BCUT2D eigenvalue weighted by Gasteiger charge is -2.29. The first kappa shape index (κ1) is 19.6. The van der Waals surface area contributed by atoms with Gasteiger partial charge in [0.25, 0.3) is 0 Å². The van der Waals surface area contributed by atoms with Crippen molar-refractivity contribution in [2.24, 2.45) is 0 Å². The van der Waals surface area contributed by atoms with Gasteiger partial charge in [-0.15, -0.1) is 0 Å². The molecule has 0 radical (unpaired) electrons. The summed E-state index contributed by atoms with van der Waals surface area (Å²) in [6, 6.07) is 3.07. The third-order valence-corrected chi connectivity index (χ3v) is 5.22. The minimum Gasteiger partial charge on any atom is -0.385 e. The summed E-state index contributed by atoms with van der Waals surface area (Å²) in [7, 11) is 0. The van der Waals surface area contributed by atoms with Crippen LogP contribution in [0.5, 0.6) is 0 Å². The van der Waals surface area contributed by atoms with Crippen molar-refractivity contribution in [2.75, 3.05) is 5.73 Å². The molecule has 1 saturated heterocycles. The number of hydrogen-bond acceptors (Lipinski definition) is 7. The lowest BCUT2D eigenvalue weighted by atomic mass is 9.88. The van der Waals surface area contributed by atoms with Crippen LogP contribution in [0.1, 0.15) is 24.8 Å². The van der Waals surface area contributed by atoms with Crippen LogP contribution >= 0.6 is 0 Å². The fourth-order valence-corrected chi connectivity index (χ4v) is 3.56. The van der Waals surface area contributed by atoms with Crippen molar-refractivity contribution in [2.45, 2.75) is 37.1 Å². The molecule has 11 heteroatoms. The van der Waals surface area contributed by atoms with E-state index in [2.05, 4.69) is 9.97 Å². The molecule has 4 rings (SSSR count). The summed E-state index contributed by atoms with van der Waals surface area (Å²) in [5.41, 5.74) is 3.39. The highest BCUT2D eigenvalue weighted by Gasteiger charge is 2.56. The smallest absolute Gasteiger partial charge is 0.194 e. The molecular weight excluding hydrogens is 393 g/mol. The Balaban J connectivity index is 1.73. The molecule has 2 aromatic heterocycles. The molecule has 8 nitrogen and oxygen atoms in total. The van der Waals surface area contributed by atoms with E-state index >= 15 is 0 Å². The predicted molar refractivity (Wildman–Crippen MR) is 93.8 cm³/mol. The number of halogens is 3. The van der Waals surface area contributed by atoms with Gasteiger partial charge in [0.1, 0.15) is 41.7 Å². The van der Waals surface area contributed by atoms with Crippen LogP contribution in [0.2, 0.25) is 0 Å². The van der Waals surface area contributed by atoms with Crippen molar-refractivity contribution < 1.29 is 33.2 Å². The summed E-state index contributed by atoms with van der Waals surface area (Å²) >= 11 is 0. The molecule has 3 aromatic rings. The Morgan fingerprint density at radius 1 is 1.21 bits per heavy atom. The average Bonchev–Trinajstić information content (AvgIpc) is 3.20. The van der Waals surface area contributed by atoms with Crippen LogP contribution in [-0.4, -0.2) is 47.7 Å². The maximum atomic E-state index is 14.1. The molecule has 3 heterocycles. The van der Waals surface area contributed by atoms with Gasteiger partial charge >= 0.3 is 0 Å². The van der Waals surface area contributed by atoms with Gasteiger partial charge in [-0.1, -0.05) is 6.07 Å². The Hall–Kier alpha value is -2.73. The minimum absolute atomic E-state index is 0.188. The summed E-state index contributed by atoms with van der Waals surface area (Å²) in [6.45, 7) is 1.18. The molecule has 1 aromatic carbocycles. The number of aromatic nitrogens is 3. The van der Waals surface area contributed by atoms with E-state index < -0.39 is 53.2 Å². The molecule has 0 aliphatic carbocycles. The van der Waals surface area contributed by atoms with Crippen molar-refractivity contribution in [1.82, 2.24) is 14.5 Å². The van der Waals surface area contributed by atoms with E-state index in [0.29, 0.717) is 17.1 Å². The first-order valence-electron chi connectivity index (χ1n) is 8.59. The molecule has 1 aliphatic heterocycles. The van der Waals surface area contributed by atoms with Crippen LogP contribution < -0.4 is 5.73 Å². The summed E-state index contributed by atoms with van der Waals surface area (Å²) in [4.78, 5) is 7.93. The van der Waals surface area contributed by atoms with Crippen LogP contribution in [0.15, 0.2) is 30.7 Å². The second kappa shape index (κ2) is 6.66. The molecule has 5 N–H and O–H groups in total. The number of ether oxygens (including phenoxy) is 1. The number of rotatable bonds is 3. The van der Waals surface area contributed by atoms with E-state index in [1.807, 2.05) is 0 Å². The third kappa shape index (κ3) is 2.85. The second-order valence-corrected chi connectivity index (χ2v) is 7.05. The van der Waals surface area contributed by atoms with Crippen molar-refractivity contribution >= 4 is 16.9 Å². The highest BCUT2D eigenvalue weighted by Crippen LogP contribution is 2.44. The molecule has 154 valence electrons. The topological polar surface area (TPSA) is 127 Å². The van der Waals surface area contributed by atoms with Crippen LogP contribution in [-0.2, 0) is 4.74 Å². The van der Waals surface area contributed by atoms with Gasteiger partial charge in [0.15, 0.2) is 23.7 Å². The molecule has 0 spiro atoms. The Kier molecular flexibility index (Phi) is 4.50. The van der Waals surface area contributed by atoms with E-state index in [9.17, 15) is 28.5 Å². The van der Waals surface area contributed by atoms with Gasteiger partial charge in [0.2, 0.25) is 0 Å². The van der Waals surface area contributed by atoms with Gasteiger partial charge in [-0.05, 0) is 19.1 Å². The molecule has 1 fully saturated rings. The molecule has 5 atom stereocenters. The lowest BCUT2D eigenvalue weighted by Crippen LogP contribution is -2.47. The van der Waals surface area contributed by atoms with Crippen molar-refractivity contribution in [3.05, 3.63) is 53.7 Å². The van der Waals surface area contributed by atoms with Gasteiger partial charge in [-0.2, -0.15) is 0 Å². The Labute approximate surface area is 162 Å². The summed E-state index contributed by atoms with van der Waals surface area (Å²) in [6.07, 6.45) is -3.59. The normalized spacial score (nSPS) is 28.2. The number of nitrogens with two attached hydrogens (primary N) is 1. The zero-order valence-electron chi connectivity index (χ0n) is 15.0. The Bertz CT molecular complexity index is 1090. The molecular formula is C18H17F3N4O4. The van der Waals surface area contributed by atoms with Gasteiger partial charge in [-0.3, -0.25) is 0 Å². The highest BCUT2D eigenvalue weighted by molar-refractivity contribution is 5.86. The van der Waals surface area contributed by atoms with Gasteiger partial charge < -0.3 is 30.4 Å². The molecule has 1 unspecified atom stereocenters. The zero-order valence-corrected chi connectivity index (χ0v) is 15.0. The second-order valence-electron chi connectivity index (χ2n) is 7.05. The molecule has 0 bridgehead atoms. The predicted octanol–water partition coefficient (Wildman–Crippen LogP) is 1.17. The maximum Gasteiger partial charge on any atom is 0.194 e. The largest absolute Gasteiger partial charge is 0.385 e. The fraction of sp³-hybridized carbons (Fsp3) is 0.333. The Morgan fingerprint density at radius 2 is 1.93 bits per heavy atom. The van der Waals surface area contributed by atoms with Crippen LogP contribution in [0.3, 0.4) is 0 Å². The van der Waals surface area contributed by atoms with E-state index in [-0.39, 0.29) is 5.82 Å². The highest BCUT2D eigenvalue weighted by atomic mass is 19.2. The Morgan fingerprint density at radius 3 is 2.66 bits per heavy atom. The monoisotopic (exact) mass is 410 g/mol. The number of benzene rings is 1. The summed E-state index contributed by atoms with van der Waals surface area (Å²) < 4.78 is 47.9. The van der Waals surface area contributed by atoms with Crippen LogP contribution in [0.25, 0.3) is 11.0 Å². The van der Waals surface area contributed by atoms with Crippen molar-refractivity contribution in [1.29, 1.82) is 0 Å². The van der Waals surface area contributed by atoms with E-state index in [1.165, 1.54) is 24.0 Å². The van der Waals surface area contributed by atoms with Crippen molar-refractivity contribution in [3.63, 3.8) is 0 Å². The number of nitrogens with zero attached hydrogens (tertiary/aromatic N) is 3. The quantitative estimate of drug-likeness (QED) is 0.478. The number of anilines is 1. The van der Waals surface area contributed by atoms with E-state index in [0.717, 1.165) is 6.07 Å². The SMILES string of the molecule is C[C@@]1(O)[C@@H](C(O)c2ccc(F)c(F)c2F)O[C@@H](n2ccc3c(N)ncnc32)[C@@H]1O. The number of nitrogen functional groups attached to an aromatic ring is 1. The standard InChI is InChI=1S/C18H17F3N4O4/c1-18(28)13(27)17(25-5-4-8-15(22)23-6-24-16(8)25)29-14(18)12(26)7-2-3-9(19)11(21)10(7)20/h2-6,12-14,17,26-28H,1H3,(H2,22,23,24)/t12?,13-,14+,17+,18-/m0/s1. The fourth-order valence-electron chi connectivity index (χ4n) is 3.56. The van der Waals surface area contributed by atoms with Crippen molar-refractivity contribution in [3.8, 4) is 0 Å². The van der Waals surface area contributed by atoms with Gasteiger partial charge in [0, 0.05) is 11.8 Å². The minimum atomic E-state index is -2.07. The molecule has 0 saturated carbocycles. The lowest BCUT2D eigenvalue weighted by molar-refractivity contribution is -0.115. The van der Waals surface area contributed by atoms with Crippen LogP contribution in [0, 0.1) is 17.5 Å². The van der Waals surface area contributed by atoms with Gasteiger partial charge in [0.05, 0.1) is 5.39 Å². The van der Waals surface area contributed by atoms with E-state index in [4.69, 9.17) is 10.5 Å². The zero-order chi connectivity index (χ0) is 21.1. The number of hydrogen-bond donors (Lipinski definition) is 4.